The predicted molar refractivity (Wildman–Crippen MR) is 72.0 cm³/mol. The van der Waals surface area contributed by atoms with Crippen LogP contribution in [-0.4, -0.2) is 40.8 Å². The smallest absolute Gasteiger partial charge is 0.251 e. The summed E-state index contributed by atoms with van der Waals surface area (Å²) in [6.07, 6.45) is 3.01. The molecule has 0 radical (unpaired) electrons. The van der Waals surface area contributed by atoms with E-state index in [-0.39, 0.29) is 23.0 Å². The second-order valence-electron chi connectivity index (χ2n) is 4.69. The first-order valence-electron chi connectivity index (χ1n) is 6.26. The Bertz CT molecular complexity index is 493. The Morgan fingerprint density at radius 2 is 2.42 bits per heavy atom. The van der Waals surface area contributed by atoms with Crippen LogP contribution < -0.4 is 5.32 Å². The highest BCUT2D eigenvalue weighted by atomic mass is 35.5. The molecule has 0 aliphatic carbocycles. The van der Waals surface area contributed by atoms with E-state index in [1.807, 2.05) is 6.92 Å². The van der Waals surface area contributed by atoms with Crippen molar-refractivity contribution in [3.8, 4) is 0 Å². The first-order chi connectivity index (χ1) is 9.06. The molecule has 1 aromatic rings. The maximum Gasteiger partial charge on any atom is 0.251 e. The molecule has 0 spiro atoms. The van der Waals surface area contributed by atoms with Crippen LogP contribution in [-0.2, 0) is 4.79 Å². The molecule has 2 amide bonds. The number of pyridine rings is 1. The van der Waals surface area contributed by atoms with Crippen LogP contribution in [0.1, 0.15) is 30.1 Å². The summed E-state index contributed by atoms with van der Waals surface area (Å²) in [6.45, 7) is 3.20. The van der Waals surface area contributed by atoms with Crippen LogP contribution in [0.25, 0.3) is 0 Å². The highest BCUT2D eigenvalue weighted by molar-refractivity contribution is 6.29. The lowest BCUT2D eigenvalue weighted by atomic mass is 10.2. The summed E-state index contributed by atoms with van der Waals surface area (Å²) in [7, 11) is 0. The van der Waals surface area contributed by atoms with Gasteiger partial charge in [0.1, 0.15) is 5.15 Å². The van der Waals surface area contributed by atoms with Crippen LogP contribution in [0, 0.1) is 0 Å². The van der Waals surface area contributed by atoms with Gasteiger partial charge in [0.15, 0.2) is 0 Å². The van der Waals surface area contributed by atoms with E-state index in [4.69, 9.17) is 11.6 Å². The van der Waals surface area contributed by atoms with Crippen LogP contribution in [0.3, 0.4) is 0 Å². The topological polar surface area (TPSA) is 62.3 Å². The highest BCUT2D eigenvalue weighted by Gasteiger charge is 2.22. The fraction of sp³-hybridized carbons (Fsp3) is 0.462. The quantitative estimate of drug-likeness (QED) is 0.850. The van der Waals surface area contributed by atoms with Gasteiger partial charge in [-0.2, -0.15) is 0 Å². The van der Waals surface area contributed by atoms with E-state index < -0.39 is 0 Å². The number of halogens is 1. The van der Waals surface area contributed by atoms with Gasteiger partial charge in [0.05, 0.1) is 0 Å². The molecule has 1 N–H and O–H groups in total. The third-order valence-corrected chi connectivity index (χ3v) is 3.24. The molecular weight excluding hydrogens is 266 g/mol. The third kappa shape index (κ3) is 3.67. The zero-order valence-corrected chi connectivity index (χ0v) is 11.5. The molecule has 2 heterocycles. The van der Waals surface area contributed by atoms with Crippen molar-refractivity contribution in [2.24, 2.45) is 0 Å². The summed E-state index contributed by atoms with van der Waals surface area (Å²) < 4.78 is 0. The lowest BCUT2D eigenvalue weighted by Gasteiger charge is -2.21. The van der Waals surface area contributed by atoms with E-state index in [9.17, 15) is 9.59 Å². The monoisotopic (exact) mass is 281 g/mol. The van der Waals surface area contributed by atoms with Crippen LogP contribution in [0.5, 0.6) is 0 Å². The minimum atomic E-state index is -0.205. The molecule has 1 aromatic heterocycles. The Morgan fingerprint density at radius 1 is 1.63 bits per heavy atom. The van der Waals surface area contributed by atoms with Gasteiger partial charge in [-0.05, 0) is 25.5 Å². The summed E-state index contributed by atoms with van der Waals surface area (Å²) in [6, 6.07) is 3.03. The Labute approximate surface area is 117 Å². The Balaban J connectivity index is 1.89. The highest BCUT2D eigenvalue weighted by Crippen LogP contribution is 2.10. The lowest BCUT2D eigenvalue weighted by molar-refractivity contribution is -0.127. The number of hydrogen-bond acceptors (Lipinski definition) is 3. The number of likely N-dealkylation sites (tertiary alicyclic amines) is 1. The number of nitrogens with zero attached hydrogens (tertiary/aromatic N) is 2. The number of rotatable bonds is 4. The van der Waals surface area contributed by atoms with Crippen molar-refractivity contribution in [2.75, 3.05) is 13.1 Å². The van der Waals surface area contributed by atoms with Gasteiger partial charge >= 0.3 is 0 Å². The van der Waals surface area contributed by atoms with E-state index in [2.05, 4.69) is 10.3 Å². The zero-order valence-electron chi connectivity index (χ0n) is 10.7. The average molecular weight is 282 g/mol. The molecule has 2 rings (SSSR count). The van der Waals surface area contributed by atoms with Crippen molar-refractivity contribution in [3.05, 3.63) is 29.0 Å². The largest absolute Gasteiger partial charge is 0.348 e. The van der Waals surface area contributed by atoms with Crippen molar-refractivity contribution in [1.82, 2.24) is 15.2 Å². The van der Waals surface area contributed by atoms with Gasteiger partial charge in [-0.25, -0.2) is 4.98 Å². The molecule has 6 heteroatoms. The first-order valence-corrected chi connectivity index (χ1v) is 6.64. The van der Waals surface area contributed by atoms with Crippen LogP contribution in [0.2, 0.25) is 5.15 Å². The molecule has 5 nitrogen and oxygen atoms in total. The SMILES string of the molecule is CC(CN1CCCC1=O)NC(=O)c1ccnc(Cl)c1. The number of carbonyl (C=O) groups is 2. The van der Waals surface area contributed by atoms with Gasteiger partial charge in [-0.1, -0.05) is 11.6 Å². The summed E-state index contributed by atoms with van der Waals surface area (Å²) in [4.78, 5) is 29.1. The number of carbonyl (C=O) groups excluding carboxylic acids is 2. The summed E-state index contributed by atoms with van der Waals surface area (Å²) in [5, 5.41) is 3.14. The minimum Gasteiger partial charge on any atom is -0.348 e. The Hall–Kier alpha value is -1.62. The maximum absolute atomic E-state index is 12.0. The normalized spacial score (nSPS) is 16.5. The van der Waals surface area contributed by atoms with E-state index >= 15 is 0 Å². The van der Waals surface area contributed by atoms with Crippen molar-refractivity contribution >= 4 is 23.4 Å². The third-order valence-electron chi connectivity index (χ3n) is 3.03. The van der Waals surface area contributed by atoms with Crippen molar-refractivity contribution in [2.45, 2.75) is 25.8 Å². The molecule has 19 heavy (non-hydrogen) atoms. The van der Waals surface area contributed by atoms with Crippen molar-refractivity contribution in [3.63, 3.8) is 0 Å². The van der Waals surface area contributed by atoms with Gasteiger partial charge < -0.3 is 10.2 Å². The first kappa shape index (κ1) is 13.8. The Morgan fingerprint density at radius 3 is 3.05 bits per heavy atom. The van der Waals surface area contributed by atoms with E-state index in [1.54, 1.807) is 11.0 Å². The van der Waals surface area contributed by atoms with E-state index in [0.717, 1.165) is 13.0 Å². The number of amides is 2. The van der Waals surface area contributed by atoms with Crippen molar-refractivity contribution < 1.29 is 9.59 Å². The number of nitrogens with one attached hydrogen (secondary N) is 1. The molecular formula is C13H16ClN3O2. The summed E-state index contributed by atoms with van der Waals surface area (Å²) >= 11 is 5.74. The predicted octanol–water partition coefficient (Wildman–Crippen LogP) is 1.48. The van der Waals surface area contributed by atoms with E-state index in [0.29, 0.717) is 18.5 Å². The molecule has 102 valence electrons. The number of hydrogen-bond donors (Lipinski definition) is 1. The molecule has 1 aliphatic rings. The second kappa shape index (κ2) is 6.02. The lowest BCUT2D eigenvalue weighted by Crippen LogP contribution is -2.42. The maximum atomic E-state index is 12.0. The molecule has 1 unspecified atom stereocenters. The van der Waals surface area contributed by atoms with Gasteiger partial charge in [-0.15, -0.1) is 0 Å². The van der Waals surface area contributed by atoms with Gasteiger partial charge in [0.2, 0.25) is 5.91 Å². The fourth-order valence-electron chi connectivity index (χ4n) is 2.12. The standard InChI is InChI=1S/C13H16ClN3O2/c1-9(8-17-6-2-3-12(17)18)16-13(19)10-4-5-15-11(14)7-10/h4-5,7,9H,2-3,6,8H2,1H3,(H,16,19). The second-order valence-corrected chi connectivity index (χ2v) is 5.07. The van der Waals surface area contributed by atoms with Crippen molar-refractivity contribution in [1.29, 1.82) is 0 Å². The average Bonchev–Trinajstić information content (AvgIpc) is 2.75. The molecule has 1 atom stereocenters. The molecule has 0 aromatic carbocycles. The molecule has 0 bridgehead atoms. The zero-order chi connectivity index (χ0) is 13.8. The summed E-state index contributed by atoms with van der Waals surface area (Å²) in [5.41, 5.74) is 0.472. The number of aromatic nitrogens is 1. The Kier molecular flexibility index (Phi) is 4.37. The molecule has 1 fully saturated rings. The summed E-state index contributed by atoms with van der Waals surface area (Å²) in [5.74, 6) is -0.0449. The van der Waals surface area contributed by atoms with Gasteiger partial charge in [-0.3, -0.25) is 9.59 Å². The molecule has 1 saturated heterocycles. The fourth-order valence-corrected chi connectivity index (χ4v) is 2.30. The van der Waals surface area contributed by atoms with Crippen LogP contribution in [0.15, 0.2) is 18.3 Å². The van der Waals surface area contributed by atoms with Gasteiger partial charge in [0.25, 0.3) is 5.91 Å². The van der Waals surface area contributed by atoms with Gasteiger partial charge in [0, 0.05) is 37.3 Å². The minimum absolute atomic E-state index is 0.0958. The molecule has 0 saturated carbocycles. The van der Waals surface area contributed by atoms with Crippen LogP contribution in [0.4, 0.5) is 0 Å². The van der Waals surface area contributed by atoms with Crippen LogP contribution >= 0.6 is 11.6 Å². The van der Waals surface area contributed by atoms with E-state index in [1.165, 1.54) is 12.3 Å². The molecule has 1 aliphatic heterocycles.